The Morgan fingerprint density at radius 1 is 0.411 bits per heavy atom. The van der Waals surface area contributed by atoms with Crippen molar-refractivity contribution in [3.8, 4) is 0 Å². The molecule has 90 heavy (non-hydrogen) atoms. The summed E-state index contributed by atoms with van der Waals surface area (Å²) < 4.78 is 22.9. The van der Waals surface area contributed by atoms with Crippen LogP contribution in [-0.2, 0) is 23.7 Å². The number of nitrogens with one attached hydrogen (secondary N) is 1. The molecule has 0 aromatic carbocycles. The quantitative estimate of drug-likeness (QED) is 0.0204. The Balaban J connectivity index is 1.67. The molecule has 2 saturated heterocycles. The zero-order valence-corrected chi connectivity index (χ0v) is 56.3. The second-order valence-corrected chi connectivity index (χ2v) is 25.0. The zero-order valence-electron chi connectivity index (χ0n) is 56.3. The molecule has 0 radical (unpaired) electrons. The van der Waals surface area contributed by atoms with Gasteiger partial charge in [0.2, 0.25) is 5.91 Å². The van der Waals surface area contributed by atoms with Crippen molar-refractivity contribution in [3.63, 3.8) is 0 Å². The lowest BCUT2D eigenvalue weighted by atomic mass is 9.97. The monoisotopic (exact) mass is 1270 g/mol. The van der Waals surface area contributed by atoms with Gasteiger partial charge < -0.3 is 65.1 Å². The van der Waals surface area contributed by atoms with E-state index in [1.54, 1.807) is 0 Å². The van der Waals surface area contributed by atoms with Gasteiger partial charge in [-0.1, -0.05) is 290 Å². The average molecular weight is 1270 g/mol. The summed E-state index contributed by atoms with van der Waals surface area (Å²) in [5.41, 5.74) is 0. The molecule has 12 atom stereocenters. The van der Waals surface area contributed by atoms with Crippen LogP contribution in [0.25, 0.3) is 0 Å². The van der Waals surface area contributed by atoms with Gasteiger partial charge in [-0.3, -0.25) is 4.79 Å². The Bertz CT molecular complexity index is 1930. The van der Waals surface area contributed by atoms with E-state index in [2.05, 4.69) is 129 Å². The van der Waals surface area contributed by atoms with Gasteiger partial charge in [0, 0.05) is 6.42 Å². The number of hydrogen-bond donors (Lipinski definition) is 9. The molecule has 0 spiro atoms. The van der Waals surface area contributed by atoms with Gasteiger partial charge in [0.25, 0.3) is 0 Å². The number of ether oxygens (including phenoxy) is 4. The highest BCUT2D eigenvalue weighted by molar-refractivity contribution is 5.76. The summed E-state index contributed by atoms with van der Waals surface area (Å²) in [6.07, 6.45) is 68.0. The molecular formula is C76H131NO13. The normalized spacial score (nSPS) is 23.6. The third-order valence-electron chi connectivity index (χ3n) is 17.0. The summed E-state index contributed by atoms with van der Waals surface area (Å²) >= 11 is 0. The van der Waals surface area contributed by atoms with Crippen molar-refractivity contribution in [1.82, 2.24) is 5.32 Å². The highest BCUT2D eigenvalue weighted by atomic mass is 16.7. The summed E-state index contributed by atoms with van der Waals surface area (Å²) in [5.74, 6) is -0.220. The first-order valence-corrected chi connectivity index (χ1v) is 36.1. The molecule has 2 heterocycles. The average Bonchev–Trinajstić information content (AvgIpc) is 1.28. The van der Waals surface area contributed by atoms with E-state index in [0.717, 1.165) is 122 Å². The van der Waals surface area contributed by atoms with Crippen molar-refractivity contribution < 1.29 is 64.6 Å². The molecule has 0 aromatic heterocycles. The largest absolute Gasteiger partial charge is 0.394 e. The fourth-order valence-electron chi connectivity index (χ4n) is 11.3. The maximum atomic E-state index is 13.4. The third kappa shape index (κ3) is 42.8. The van der Waals surface area contributed by atoms with E-state index in [0.29, 0.717) is 12.8 Å². The maximum absolute atomic E-state index is 13.4. The second-order valence-electron chi connectivity index (χ2n) is 25.0. The second kappa shape index (κ2) is 59.4. The predicted octanol–water partition coefficient (Wildman–Crippen LogP) is 15.1. The molecule has 2 fully saturated rings. The minimum absolute atomic E-state index is 0.220. The van der Waals surface area contributed by atoms with E-state index in [-0.39, 0.29) is 18.9 Å². The fraction of sp³-hybridized carbons (Fsp3) is 0.750. The van der Waals surface area contributed by atoms with Crippen LogP contribution in [0.3, 0.4) is 0 Å². The molecule has 0 aliphatic carbocycles. The Morgan fingerprint density at radius 3 is 1.18 bits per heavy atom. The summed E-state index contributed by atoms with van der Waals surface area (Å²) in [5, 5.41) is 87.6. The number of unbranched alkanes of at least 4 members (excludes halogenated alkanes) is 27. The van der Waals surface area contributed by atoms with Crippen molar-refractivity contribution in [2.75, 3.05) is 19.8 Å². The van der Waals surface area contributed by atoms with Gasteiger partial charge in [-0.25, -0.2) is 0 Å². The van der Waals surface area contributed by atoms with Gasteiger partial charge in [-0.05, 0) is 83.5 Å². The number of aliphatic hydroxyl groups is 8. The number of rotatable bonds is 58. The molecule has 14 heteroatoms. The van der Waals surface area contributed by atoms with Crippen LogP contribution < -0.4 is 5.32 Å². The summed E-state index contributed by atoms with van der Waals surface area (Å²) in [7, 11) is 0. The van der Waals surface area contributed by atoms with Crippen molar-refractivity contribution in [2.45, 2.75) is 344 Å². The van der Waals surface area contributed by atoms with Gasteiger partial charge in [0.05, 0.1) is 32.0 Å². The molecule has 2 rings (SSSR count). The van der Waals surface area contributed by atoms with Crippen LogP contribution in [0.15, 0.2) is 109 Å². The van der Waals surface area contributed by atoms with Crippen LogP contribution in [0.4, 0.5) is 0 Å². The van der Waals surface area contributed by atoms with Crippen LogP contribution in [0, 0.1) is 0 Å². The smallest absolute Gasteiger partial charge is 0.220 e. The molecule has 0 saturated carbocycles. The minimum atomic E-state index is -1.79. The number of amides is 1. The molecule has 14 nitrogen and oxygen atoms in total. The number of aliphatic hydroxyl groups excluding tert-OH is 8. The molecule has 12 unspecified atom stereocenters. The van der Waals surface area contributed by atoms with Gasteiger partial charge in [0.15, 0.2) is 12.6 Å². The topological polar surface area (TPSA) is 228 Å². The van der Waals surface area contributed by atoms with Crippen molar-refractivity contribution in [3.05, 3.63) is 109 Å². The first-order chi connectivity index (χ1) is 44.1. The van der Waals surface area contributed by atoms with Crippen LogP contribution in [0.5, 0.6) is 0 Å². The van der Waals surface area contributed by atoms with Crippen LogP contribution >= 0.6 is 0 Å². The van der Waals surface area contributed by atoms with E-state index >= 15 is 0 Å². The van der Waals surface area contributed by atoms with E-state index in [4.69, 9.17) is 18.9 Å². The van der Waals surface area contributed by atoms with Crippen molar-refractivity contribution in [2.24, 2.45) is 0 Å². The summed E-state index contributed by atoms with van der Waals surface area (Å²) in [4.78, 5) is 13.4. The fourth-order valence-corrected chi connectivity index (χ4v) is 11.3. The van der Waals surface area contributed by atoms with E-state index < -0.39 is 86.8 Å². The molecular weight excluding hydrogens is 1130 g/mol. The molecule has 1 amide bonds. The maximum Gasteiger partial charge on any atom is 0.220 e. The number of carbonyl (C=O) groups is 1. The van der Waals surface area contributed by atoms with Crippen molar-refractivity contribution in [1.29, 1.82) is 0 Å². The predicted molar refractivity (Wildman–Crippen MR) is 369 cm³/mol. The van der Waals surface area contributed by atoms with Crippen LogP contribution in [0.1, 0.15) is 271 Å². The van der Waals surface area contributed by atoms with Crippen molar-refractivity contribution >= 4 is 5.91 Å². The molecule has 9 N–H and O–H groups in total. The Morgan fingerprint density at radius 2 is 0.767 bits per heavy atom. The Kier molecular flexibility index (Phi) is 54.6. The van der Waals surface area contributed by atoms with E-state index in [9.17, 15) is 45.6 Å². The summed E-state index contributed by atoms with van der Waals surface area (Å²) in [6, 6.07) is -0.844. The first-order valence-electron chi connectivity index (χ1n) is 36.1. The molecule has 518 valence electrons. The highest BCUT2D eigenvalue weighted by Gasteiger charge is 2.51. The van der Waals surface area contributed by atoms with Gasteiger partial charge in [-0.2, -0.15) is 0 Å². The number of allylic oxidation sites excluding steroid dienone is 18. The number of hydrogen-bond acceptors (Lipinski definition) is 13. The Labute approximate surface area is 546 Å². The lowest BCUT2D eigenvalue weighted by Gasteiger charge is -2.46. The lowest BCUT2D eigenvalue weighted by molar-refractivity contribution is -0.359. The Hall–Kier alpha value is -3.35. The zero-order chi connectivity index (χ0) is 65.2. The minimum Gasteiger partial charge on any atom is -0.394 e. The molecule has 2 aliphatic rings. The van der Waals surface area contributed by atoms with E-state index in [1.165, 1.54) is 116 Å². The summed E-state index contributed by atoms with van der Waals surface area (Å²) in [6.45, 7) is 2.76. The molecule has 0 aromatic rings. The molecule has 2 aliphatic heterocycles. The van der Waals surface area contributed by atoms with Crippen LogP contribution in [0.2, 0.25) is 0 Å². The lowest BCUT2D eigenvalue weighted by Crippen LogP contribution is -2.65. The number of carbonyl (C=O) groups excluding carboxylic acids is 1. The van der Waals surface area contributed by atoms with Crippen LogP contribution in [-0.4, -0.2) is 140 Å². The van der Waals surface area contributed by atoms with Gasteiger partial charge >= 0.3 is 0 Å². The van der Waals surface area contributed by atoms with Gasteiger partial charge in [0.1, 0.15) is 48.8 Å². The van der Waals surface area contributed by atoms with E-state index in [1.807, 2.05) is 0 Å². The first kappa shape index (κ1) is 82.7. The molecule has 0 bridgehead atoms. The van der Waals surface area contributed by atoms with Gasteiger partial charge in [-0.15, -0.1) is 0 Å². The standard InChI is InChI=1S/C76H131NO13/c1-3-5-7-9-11-13-15-17-19-21-23-25-26-27-28-29-30-31-32-33-34-35-36-37-38-40-42-44-46-48-50-52-54-56-58-60-68(81)77-64(65(80)59-57-55-53-51-49-47-45-43-41-39-24-22-20-18-16-14-12-10-8-6-4-2)63-87-75-73(86)71(84)74(67(62-79)89-75)90-76-72(85)70(83)69(82)66(61-78)88-76/h5,7,11,13,17,19,23,25,27-28,30-31,33-34,36-37,40,42,64-67,69-76,78-80,82-86H,3-4,6,8-10,12,14-16,18,20-22,24,26,29,32,35,38-39,41,43-63H2,1-2H3,(H,77,81)/b7-5-,13-11-,19-17-,25-23-,28-27-,31-30-,34-33-,37-36-,42-40-. The highest BCUT2D eigenvalue weighted by Crippen LogP contribution is 2.30. The SMILES string of the molecule is CC/C=C\C/C=C\C/C=C\C/C=C\C/C=C\C/C=C\C/C=C\C/C=C\C/C=C\CCCCCCCCCC(=O)NC(COC1OC(CO)C(OC2OC(CO)C(O)C(O)C2O)C(O)C1O)C(O)CCCCCCCCCCCCCCCCCCCCCCC. The third-order valence-corrected chi connectivity index (χ3v) is 17.0.